The Morgan fingerprint density at radius 1 is 1.44 bits per heavy atom. The van der Waals surface area contributed by atoms with Crippen LogP contribution in [0.5, 0.6) is 0 Å². The van der Waals surface area contributed by atoms with Crippen molar-refractivity contribution in [1.82, 2.24) is 10.3 Å². The molecule has 1 N–H and O–H groups in total. The molecular formula is C15H25N3. The van der Waals surface area contributed by atoms with Gasteiger partial charge in [0.15, 0.2) is 0 Å². The van der Waals surface area contributed by atoms with Crippen LogP contribution >= 0.6 is 0 Å². The van der Waals surface area contributed by atoms with E-state index in [0.29, 0.717) is 12.0 Å². The van der Waals surface area contributed by atoms with Crippen molar-refractivity contribution in [3.63, 3.8) is 0 Å². The van der Waals surface area contributed by atoms with Gasteiger partial charge in [-0.2, -0.15) is 0 Å². The van der Waals surface area contributed by atoms with Crippen LogP contribution in [0.25, 0.3) is 0 Å². The molecule has 2 heterocycles. The van der Waals surface area contributed by atoms with Crippen molar-refractivity contribution in [1.29, 1.82) is 0 Å². The maximum absolute atomic E-state index is 4.39. The number of hydrogen-bond donors (Lipinski definition) is 1. The molecule has 100 valence electrons. The summed E-state index contributed by atoms with van der Waals surface area (Å²) in [5.41, 5.74) is 2.35. The summed E-state index contributed by atoms with van der Waals surface area (Å²) in [6.45, 7) is 10.0. The molecule has 0 saturated carbocycles. The highest BCUT2D eigenvalue weighted by Gasteiger charge is 2.25. The van der Waals surface area contributed by atoms with Crippen LogP contribution in [0.1, 0.15) is 32.4 Å². The van der Waals surface area contributed by atoms with E-state index in [2.05, 4.69) is 41.2 Å². The molecule has 0 bridgehead atoms. The van der Waals surface area contributed by atoms with Crippen LogP contribution in [0.3, 0.4) is 0 Å². The van der Waals surface area contributed by atoms with Crippen LogP contribution < -0.4 is 10.2 Å². The van der Waals surface area contributed by atoms with Crippen molar-refractivity contribution in [2.45, 2.75) is 39.7 Å². The van der Waals surface area contributed by atoms with E-state index in [1.807, 2.05) is 13.1 Å². The number of rotatable bonds is 4. The van der Waals surface area contributed by atoms with Crippen molar-refractivity contribution in [3.8, 4) is 0 Å². The highest BCUT2D eigenvalue weighted by atomic mass is 15.2. The predicted octanol–water partition coefficient (Wildman–Crippen LogP) is 2.60. The van der Waals surface area contributed by atoms with Crippen LogP contribution in [0.4, 0.5) is 5.69 Å². The Morgan fingerprint density at radius 3 is 2.89 bits per heavy atom. The minimum absolute atomic E-state index is 0.680. The van der Waals surface area contributed by atoms with E-state index >= 15 is 0 Å². The summed E-state index contributed by atoms with van der Waals surface area (Å²) in [6, 6.07) is 4.97. The Balaban J connectivity index is 1.93. The number of nitrogens with zero attached hydrogens (tertiary/aromatic N) is 2. The van der Waals surface area contributed by atoms with Gasteiger partial charge in [0.2, 0.25) is 0 Å². The van der Waals surface area contributed by atoms with Crippen LogP contribution in [0.15, 0.2) is 18.3 Å². The Morgan fingerprint density at radius 2 is 2.28 bits per heavy atom. The maximum atomic E-state index is 4.39. The number of aromatic nitrogens is 1. The third kappa shape index (κ3) is 3.22. The molecule has 0 radical (unpaired) electrons. The Hall–Kier alpha value is -1.09. The topological polar surface area (TPSA) is 28.2 Å². The van der Waals surface area contributed by atoms with Gasteiger partial charge in [0.25, 0.3) is 0 Å². The molecule has 1 aromatic heterocycles. The minimum atomic E-state index is 0.680. The lowest BCUT2D eigenvalue weighted by Gasteiger charge is -2.38. The molecule has 0 amide bonds. The third-order valence-electron chi connectivity index (χ3n) is 3.82. The van der Waals surface area contributed by atoms with Crippen molar-refractivity contribution in [2.24, 2.45) is 5.92 Å². The van der Waals surface area contributed by atoms with Gasteiger partial charge >= 0.3 is 0 Å². The number of piperidine rings is 1. The molecule has 0 spiro atoms. The molecule has 0 aliphatic carbocycles. The fraction of sp³-hybridized carbons (Fsp3) is 0.667. The number of hydrogen-bond acceptors (Lipinski definition) is 3. The SMILES string of the molecule is CCCNC1CCN(c2ccc(C)nc2)CC1C. The molecule has 3 heteroatoms. The minimum Gasteiger partial charge on any atom is -0.370 e. The van der Waals surface area contributed by atoms with Gasteiger partial charge in [-0.3, -0.25) is 4.98 Å². The molecule has 2 rings (SSSR count). The van der Waals surface area contributed by atoms with Crippen molar-refractivity contribution >= 4 is 5.69 Å². The van der Waals surface area contributed by atoms with Crippen molar-refractivity contribution in [3.05, 3.63) is 24.0 Å². The fourth-order valence-corrected chi connectivity index (χ4v) is 2.66. The first-order chi connectivity index (χ1) is 8.70. The van der Waals surface area contributed by atoms with Gasteiger partial charge in [-0.15, -0.1) is 0 Å². The zero-order chi connectivity index (χ0) is 13.0. The van der Waals surface area contributed by atoms with Gasteiger partial charge in [-0.05, 0) is 44.4 Å². The zero-order valence-corrected chi connectivity index (χ0v) is 11.8. The smallest absolute Gasteiger partial charge is 0.0553 e. The molecule has 2 atom stereocenters. The monoisotopic (exact) mass is 247 g/mol. The van der Waals surface area contributed by atoms with Gasteiger partial charge in [-0.1, -0.05) is 13.8 Å². The number of nitrogens with one attached hydrogen (secondary N) is 1. The summed E-state index contributed by atoms with van der Waals surface area (Å²) in [4.78, 5) is 6.85. The van der Waals surface area contributed by atoms with Crippen LogP contribution in [-0.2, 0) is 0 Å². The molecule has 1 aromatic rings. The van der Waals surface area contributed by atoms with Crippen molar-refractivity contribution < 1.29 is 0 Å². The van der Waals surface area contributed by atoms with E-state index < -0.39 is 0 Å². The van der Waals surface area contributed by atoms with Crippen LogP contribution in [-0.4, -0.2) is 30.7 Å². The lowest BCUT2D eigenvalue weighted by atomic mass is 9.93. The van der Waals surface area contributed by atoms with Crippen LogP contribution in [0.2, 0.25) is 0 Å². The summed E-state index contributed by atoms with van der Waals surface area (Å²) in [5.74, 6) is 0.701. The lowest BCUT2D eigenvalue weighted by molar-refractivity contribution is 0.322. The number of anilines is 1. The van der Waals surface area contributed by atoms with Gasteiger partial charge in [0.1, 0.15) is 0 Å². The summed E-state index contributed by atoms with van der Waals surface area (Å²) < 4.78 is 0. The molecule has 2 unspecified atom stereocenters. The average molecular weight is 247 g/mol. The molecule has 3 nitrogen and oxygen atoms in total. The zero-order valence-electron chi connectivity index (χ0n) is 11.8. The molecule has 1 aliphatic heterocycles. The Kier molecular flexibility index (Phi) is 4.59. The van der Waals surface area contributed by atoms with E-state index in [-0.39, 0.29) is 0 Å². The Bertz CT molecular complexity index is 361. The third-order valence-corrected chi connectivity index (χ3v) is 3.82. The van der Waals surface area contributed by atoms with E-state index in [9.17, 15) is 0 Å². The molecule has 1 saturated heterocycles. The van der Waals surface area contributed by atoms with Crippen molar-refractivity contribution in [2.75, 3.05) is 24.5 Å². The van der Waals surface area contributed by atoms with Gasteiger partial charge in [0.05, 0.1) is 11.9 Å². The second-order valence-corrected chi connectivity index (χ2v) is 5.43. The molecule has 18 heavy (non-hydrogen) atoms. The summed E-state index contributed by atoms with van der Waals surface area (Å²) in [7, 11) is 0. The van der Waals surface area contributed by atoms with E-state index in [1.165, 1.54) is 18.5 Å². The fourth-order valence-electron chi connectivity index (χ4n) is 2.66. The van der Waals surface area contributed by atoms with Crippen LogP contribution in [0, 0.1) is 12.8 Å². The summed E-state index contributed by atoms with van der Waals surface area (Å²) >= 11 is 0. The first-order valence-electron chi connectivity index (χ1n) is 7.11. The first kappa shape index (κ1) is 13.3. The van der Waals surface area contributed by atoms with Gasteiger partial charge < -0.3 is 10.2 Å². The second kappa shape index (κ2) is 6.19. The van der Waals surface area contributed by atoms with Gasteiger partial charge in [0, 0.05) is 24.8 Å². The molecule has 0 aromatic carbocycles. The van der Waals surface area contributed by atoms with E-state index in [1.54, 1.807) is 0 Å². The lowest BCUT2D eigenvalue weighted by Crippen LogP contribution is -2.48. The molecular weight excluding hydrogens is 222 g/mol. The highest BCUT2D eigenvalue weighted by molar-refractivity contribution is 5.45. The van der Waals surface area contributed by atoms with E-state index in [4.69, 9.17) is 0 Å². The number of aryl methyl sites for hydroxylation is 1. The maximum Gasteiger partial charge on any atom is 0.0553 e. The second-order valence-electron chi connectivity index (χ2n) is 5.43. The standard InChI is InChI=1S/C15H25N3/c1-4-8-16-15-7-9-18(11-12(15)2)14-6-5-13(3)17-10-14/h5-6,10,12,15-16H,4,7-9,11H2,1-3H3. The summed E-state index contributed by atoms with van der Waals surface area (Å²) in [5, 5.41) is 3.66. The predicted molar refractivity (Wildman–Crippen MR) is 77.0 cm³/mol. The average Bonchev–Trinajstić information content (AvgIpc) is 2.38. The highest BCUT2D eigenvalue weighted by Crippen LogP contribution is 2.22. The first-order valence-corrected chi connectivity index (χ1v) is 7.11. The molecule has 1 fully saturated rings. The Labute approximate surface area is 111 Å². The summed E-state index contributed by atoms with van der Waals surface area (Å²) in [6.07, 6.45) is 4.45. The normalized spacial score (nSPS) is 24.3. The van der Waals surface area contributed by atoms with Gasteiger partial charge in [-0.25, -0.2) is 0 Å². The quantitative estimate of drug-likeness (QED) is 0.886. The number of pyridine rings is 1. The largest absolute Gasteiger partial charge is 0.370 e. The molecule has 1 aliphatic rings. The van der Waals surface area contributed by atoms with E-state index in [0.717, 1.165) is 25.3 Å².